The van der Waals surface area contributed by atoms with Crippen molar-refractivity contribution in [2.45, 2.75) is 31.5 Å². The summed E-state index contributed by atoms with van der Waals surface area (Å²) in [6.07, 6.45) is 4.18. The number of hydrogen-bond acceptors (Lipinski definition) is 2. The van der Waals surface area contributed by atoms with Gasteiger partial charge in [-0.15, -0.1) is 0 Å². The Hall–Kier alpha value is -0.860. The maximum Gasteiger partial charge on any atom is 0.0887 e. The van der Waals surface area contributed by atoms with E-state index in [4.69, 9.17) is 9.47 Å². The third kappa shape index (κ3) is 2.00. The van der Waals surface area contributed by atoms with Crippen molar-refractivity contribution >= 4 is 0 Å². The number of benzene rings is 1. The molecule has 2 aliphatic heterocycles. The zero-order valence-corrected chi connectivity index (χ0v) is 9.47. The van der Waals surface area contributed by atoms with Crippen molar-refractivity contribution in [2.24, 2.45) is 5.92 Å². The number of fused-ring (bicyclic) bond motifs is 1. The molecule has 2 heteroatoms. The number of ether oxygens (including phenoxy) is 2. The number of rotatable bonds is 3. The van der Waals surface area contributed by atoms with Gasteiger partial charge in [-0.1, -0.05) is 30.3 Å². The van der Waals surface area contributed by atoms with Crippen molar-refractivity contribution in [1.29, 1.82) is 0 Å². The first-order chi connectivity index (χ1) is 7.93. The second-order valence-corrected chi connectivity index (χ2v) is 4.78. The zero-order chi connectivity index (χ0) is 10.8. The standard InChI is InChI=1S/C14H18O2/c1-2-4-11(5-3-1)6-7-12-10-16-13-8-9-15-14(12)13/h1-5,12-14H,6-10H2/t12-,13?,14?/m0/s1. The monoisotopic (exact) mass is 218 g/mol. The summed E-state index contributed by atoms with van der Waals surface area (Å²) in [5, 5.41) is 0. The third-order valence-corrected chi connectivity index (χ3v) is 3.71. The third-order valence-electron chi connectivity index (χ3n) is 3.71. The Kier molecular flexibility index (Phi) is 2.94. The van der Waals surface area contributed by atoms with E-state index in [2.05, 4.69) is 30.3 Å². The molecule has 0 aromatic heterocycles. The normalized spacial score (nSPS) is 32.9. The maximum absolute atomic E-state index is 5.75. The molecule has 0 saturated carbocycles. The Labute approximate surface area is 96.6 Å². The van der Waals surface area contributed by atoms with E-state index in [9.17, 15) is 0 Å². The Morgan fingerprint density at radius 2 is 2.00 bits per heavy atom. The molecule has 0 bridgehead atoms. The molecule has 0 radical (unpaired) electrons. The highest BCUT2D eigenvalue weighted by Gasteiger charge is 2.41. The van der Waals surface area contributed by atoms with Crippen LogP contribution in [0.3, 0.4) is 0 Å². The van der Waals surface area contributed by atoms with Gasteiger partial charge in [-0.2, -0.15) is 0 Å². The van der Waals surface area contributed by atoms with Crippen LogP contribution in [0.4, 0.5) is 0 Å². The number of aryl methyl sites for hydroxylation is 1. The van der Waals surface area contributed by atoms with Crippen LogP contribution < -0.4 is 0 Å². The Balaban J connectivity index is 1.56. The SMILES string of the molecule is c1ccc(CC[C@H]2COC3CCOC32)cc1. The Morgan fingerprint density at radius 3 is 2.88 bits per heavy atom. The molecule has 2 heterocycles. The van der Waals surface area contributed by atoms with Gasteiger partial charge in [0.25, 0.3) is 0 Å². The molecule has 0 aliphatic carbocycles. The lowest BCUT2D eigenvalue weighted by molar-refractivity contribution is 0.0623. The quantitative estimate of drug-likeness (QED) is 0.775. The molecule has 16 heavy (non-hydrogen) atoms. The van der Waals surface area contributed by atoms with Crippen LogP contribution >= 0.6 is 0 Å². The second kappa shape index (κ2) is 4.56. The van der Waals surface area contributed by atoms with E-state index in [0.29, 0.717) is 18.1 Å². The summed E-state index contributed by atoms with van der Waals surface area (Å²) in [4.78, 5) is 0. The minimum Gasteiger partial charge on any atom is -0.375 e. The molecule has 3 rings (SSSR count). The summed E-state index contributed by atoms with van der Waals surface area (Å²) in [6.45, 7) is 1.78. The highest BCUT2D eigenvalue weighted by atomic mass is 16.6. The first-order valence-corrected chi connectivity index (χ1v) is 6.20. The van der Waals surface area contributed by atoms with Crippen molar-refractivity contribution in [3.8, 4) is 0 Å². The molecule has 3 atom stereocenters. The molecule has 1 aromatic carbocycles. The zero-order valence-electron chi connectivity index (χ0n) is 9.47. The molecule has 2 fully saturated rings. The largest absolute Gasteiger partial charge is 0.375 e. The van der Waals surface area contributed by atoms with E-state index in [1.807, 2.05) is 0 Å². The van der Waals surface area contributed by atoms with E-state index in [1.165, 1.54) is 12.0 Å². The molecule has 2 nitrogen and oxygen atoms in total. The van der Waals surface area contributed by atoms with Gasteiger partial charge >= 0.3 is 0 Å². The average Bonchev–Trinajstić information content (AvgIpc) is 2.90. The van der Waals surface area contributed by atoms with Crippen LogP contribution in [0, 0.1) is 5.92 Å². The van der Waals surface area contributed by atoms with Gasteiger partial charge in [-0.3, -0.25) is 0 Å². The van der Waals surface area contributed by atoms with Crippen molar-refractivity contribution in [3.05, 3.63) is 35.9 Å². The van der Waals surface area contributed by atoms with Crippen LogP contribution in [0.1, 0.15) is 18.4 Å². The van der Waals surface area contributed by atoms with Crippen LogP contribution in [0.15, 0.2) is 30.3 Å². The molecule has 86 valence electrons. The molecule has 0 amide bonds. The van der Waals surface area contributed by atoms with Crippen LogP contribution in [0.25, 0.3) is 0 Å². The Bertz CT molecular complexity index is 336. The molecule has 2 saturated heterocycles. The predicted molar refractivity (Wildman–Crippen MR) is 62.4 cm³/mol. The topological polar surface area (TPSA) is 18.5 Å². The molecule has 2 unspecified atom stereocenters. The lowest BCUT2D eigenvalue weighted by atomic mass is 9.94. The van der Waals surface area contributed by atoms with Gasteiger partial charge in [-0.05, 0) is 24.8 Å². The summed E-state index contributed by atoms with van der Waals surface area (Å²) in [5.41, 5.74) is 1.42. The summed E-state index contributed by atoms with van der Waals surface area (Å²) < 4.78 is 11.5. The fraction of sp³-hybridized carbons (Fsp3) is 0.571. The van der Waals surface area contributed by atoms with E-state index >= 15 is 0 Å². The summed E-state index contributed by atoms with van der Waals surface area (Å²) in [7, 11) is 0. The summed E-state index contributed by atoms with van der Waals surface area (Å²) >= 11 is 0. The minimum atomic E-state index is 0.378. The molecule has 1 aromatic rings. The maximum atomic E-state index is 5.75. The molecular formula is C14H18O2. The highest BCUT2D eigenvalue weighted by Crippen LogP contribution is 2.33. The average molecular weight is 218 g/mol. The van der Waals surface area contributed by atoms with Gasteiger partial charge in [0.2, 0.25) is 0 Å². The fourth-order valence-corrected chi connectivity index (χ4v) is 2.80. The van der Waals surface area contributed by atoms with Gasteiger partial charge < -0.3 is 9.47 Å². The smallest absolute Gasteiger partial charge is 0.0887 e. The minimum absolute atomic E-state index is 0.378. The fourth-order valence-electron chi connectivity index (χ4n) is 2.80. The van der Waals surface area contributed by atoms with Gasteiger partial charge in [-0.25, -0.2) is 0 Å². The van der Waals surface area contributed by atoms with E-state index in [-0.39, 0.29) is 0 Å². The van der Waals surface area contributed by atoms with Gasteiger partial charge in [0.15, 0.2) is 0 Å². The predicted octanol–water partition coefficient (Wildman–Crippen LogP) is 2.42. The lowest BCUT2D eigenvalue weighted by Gasteiger charge is -2.15. The van der Waals surface area contributed by atoms with Gasteiger partial charge in [0, 0.05) is 12.5 Å². The van der Waals surface area contributed by atoms with E-state index < -0.39 is 0 Å². The van der Waals surface area contributed by atoms with E-state index in [0.717, 1.165) is 26.1 Å². The van der Waals surface area contributed by atoms with Crippen molar-refractivity contribution in [1.82, 2.24) is 0 Å². The molecule has 2 aliphatic rings. The lowest BCUT2D eigenvalue weighted by Crippen LogP contribution is -2.22. The summed E-state index contributed by atoms with van der Waals surface area (Å²) in [5.74, 6) is 0.604. The van der Waals surface area contributed by atoms with Gasteiger partial charge in [0.05, 0.1) is 18.8 Å². The van der Waals surface area contributed by atoms with Crippen molar-refractivity contribution in [3.63, 3.8) is 0 Å². The van der Waals surface area contributed by atoms with Crippen LogP contribution in [0.5, 0.6) is 0 Å². The second-order valence-electron chi connectivity index (χ2n) is 4.78. The first-order valence-electron chi connectivity index (χ1n) is 6.20. The first kappa shape index (κ1) is 10.3. The molecular weight excluding hydrogens is 200 g/mol. The van der Waals surface area contributed by atoms with Crippen LogP contribution in [-0.4, -0.2) is 25.4 Å². The van der Waals surface area contributed by atoms with Crippen LogP contribution in [0.2, 0.25) is 0 Å². The summed E-state index contributed by atoms with van der Waals surface area (Å²) in [6, 6.07) is 10.7. The van der Waals surface area contributed by atoms with Gasteiger partial charge in [0.1, 0.15) is 0 Å². The van der Waals surface area contributed by atoms with E-state index in [1.54, 1.807) is 0 Å². The highest BCUT2D eigenvalue weighted by molar-refractivity contribution is 5.14. The molecule has 0 N–H and O–H groups in total. The Morgan fingerprint density at radius 1 is 1.12 bits per heavy atom. The van der Waals surface area contributed by atoms with Crippen molar-refractivity contribution in [2.75, 3.05) is 13.2 Å². The van der Waals surface area contributed by atoms with Crippen LogP contribution in [-0.2, 0) is 15.9 Å². The number of hydrogen-bond donors (Lipinski definition) is 0. The molecule has 0 spiro atoms. The van der Waals surface area contributed by atoms with Crippen molar-refractivity contribution < 1.29 is 9.47 Å².